The minimum Gasteiger partial charge on any atom is -0.335 e. The third-order valence-electron chi connectivity index (χ3n) is 5.37. The molecular formula is C22H24FN5O. The van der Waals surface area contributed by atoms with Crippen LogP contribution in [0.1, 0.15) is 27.3 Å². The first-order valence-corrected chi connectivity index (χ1v) is 9.81. The van der Waals surface area contributed by atoms with E-state index < -0.39 is 0 Å². The molecule has 0 atom stereocenters. The fourth-order valence-electron chi connectivity index (χ4n) is 3.59. The lowest BCUT2D eigenvalue weighted by molar-refractivity contribution is 0.0620. The fraction of sp³-hybridized carbons (Fsp3) is 0.318. The molecule has 4 rings (SSSR count). The van der Waals surface area contributed by atoms with E-state index >= 15 is 0 Å². The van der Waals surface area contributed by atoms with E-state index in [2.05, 4.69) is 15.2 Å². The molecule has 0 bridgehead atoms. The first-order chi connectivity index (χ1) is 14.1. The standard InChI is InChI=1S/C22H24FN5O/c1-17-21(24-25-28(17)15-18-7-3-2-4-8-18)22(29)27-13-11-26(12-14-27)16-19-9-5-6-10-20(19)23/h2-10H,11-16H2,1H3. The molecule has 0 aliphatic carbocycles. The Labute approximate surface area is 169 Å². The molecule has 7 heteroatoms. The van der Waals surface area contributed by atoms with Crippen molar-refractivity contribution in [2.75, 3.05) is 26.2 Å². The molecular weight excluding hydrogens is 369 g/mol. The van der Waals surface area contributed by atoms with E-state index in [1.165, 1.54) is 6.07 Å². The highest BCUT2D eigenvalue weighted by molar-refractivity contribution is 5.93. The quantitative estimate of drug-likeness (QED) is 0.669. The second-order valence-corrected chi connectivity index (χ2v) is 7.33. The summed E-state index contributed by atoms with van der Waals surface area (Å²) in [4.78, 5) is 16.9. The van der Waals surface area contributed by atoms with Crippen molar-refractivity contribution in [3.05, 3.63) is 82.9 Å². The van der Waals surface area contributed by atoms with Crippen LogP contribution >= 0.6 is 0 Å². The Morgan fingerprint density at radius 2 is 1.66 bits per heavy atom. The Kier molecular flexibility index (Phi) is 5.67. The summed E-state index contributed by atoms with van der Waals surface area (Å²) in [6, 6.07) is 16.8. The molecule has 1 aromatic heterocycles. The van der Waals surface area contributed by atoms with E-state index in [0.717, 1.165) is 11.3 Å². The summed E-state index contributed by atoms with van der Waals surface area (Å²) in [6.07, 6.45) is 0. The SMILES string of the molecule is Cc1c(C(=O)N2CCN(Cc3ccccc3F)CC2)nnn1Cc1ccccc1. The molecule has 0 saturated carbocycles. The number of benzene rings is 2. The molecule has 1 aliphatic heterocycles. The van der Waals surface area contributed by atoms with Crippen LogP contribution in [-0.4, -0.2) is 56.9 Å². The van der Waals surface area contributed by atoms with Gasteiger partial charge in [0, 0.05) is 38.3 Å². The highest BCUT2D eigenvalue weighted by Crippen LogP contribution is 2.15. The summed E-state index contributed by atoms with van der Waals surface area (Å²) in [5.41, 5.74) is 2.98. The molecule has 0 spiro atoms. The van der Waals surface area contributed by atoms with Crippen LogP contribution in [0.15, 0.2) is 54.6 Å². The van der Waals surface area contributed by atoms with Crippen LogP contribution in [0, 0.1) is 12.7 Å². The van der Waals surface area contributed by atoms with Crippen LogP contribution in [0.2, 0.25) is 0 Å². The van der Waals surface area contributed by atoms with Gasteiger partial charge in [0.1, 0.15) is 5.82 Å². The Balaban J connectivity index is 1.37. The molecule has 3 aromatic rings. The molecule has 150 valence electrons. The number of amides is 1. The van der Waals surface area contributed by atoms with Gasteiger partial charge in [-0.05, 0) is 18.6 Å². The summed E-state index contributed by atoms with van der Waals surface area (Å²) in [7, 11) is 0. The van der Waals surface area contributed by atoms with Crippen molar-refractivity contribution in [2.45, 2.75) is 20.0 Å². The molecule has 0 radical (unpaired) electrons. The zero-order valence-corrected chi connectivity index (χ0v) is 16.5. The molecule has 6 nitrogen and oxygen atoms in total. The molecule has 1 aliphatic rings. The monoisotopic (exact) mass is 393 g/mol. The van der Waals surface area contributed by atoms with Crippen molar-refractivity contribution in [3.8, 4) is 0 Å². The molecule has 1 fully saturated rings. The minimum atomic E-state index is -0.184. The van der Waals surface area contributed by atoms with Crippen LogP contribution in [-0.2, 0) is 13.1 Å². The molecule has 0 N–H and O–H groups in total. The predicted molar refractivity (Wildman–Crippen MR) is 108 cm³/mol. The van der Waals surface area contributed by atoms with Gasteiger partial charge in [-0.2, -0.15) is 0 Å². The first-order valence-electron chi connectivity index (χ1n) is 9.81. The number of carbonyl (C=O) groups excluding carboxylic acids is 1. The highest BCUT2D eigenvalue weighted by Gasteiger charge is 2.26. The maximum absolute atomic E-state index is 13.9. The van der Waals surface area contributed by atoms with Gasteiger partial charge >= 0.3 is 0 Å². The lowest BCUT2D eigenvalue weighted by Gasteiger charge is -2.34. The second kappa shape index (κ2) is 8.53. The van der Waals surface area contributed by atoms with Crippen molar-refractivity contribution in [2.24, 2.45) is 0 Å². The van der Waals surface area contributed by atoms with Gasteiger partial charge in [0.2, 0.25) is 0 Å². The van der Waals surface area contributed by atoms with E-state index in [1.807, 2.05) is 48.2 Å². The summed E-state index contributed by atoms with van der Waals surface area (Å²) in [6.45, 7) is 5.63. The Hall–Kier alpha value is -3.06. The van der Waals surface area contributed by atoms with Crippen molar-refractivity contribution in [1.29, 1.82) is 0 Å². The van der Waals surface area contributed by atoms with Crippen LogP contribution in [0.4, 0.5) is 4.39 Å². The summed E-state index contributed by atoms with van der Waals surface area (Å²) in [5, 5.41) is 8.32. The van der Waals surface area contributed by atoms with Crippen molar-refractivity contribution in [3.63, 3.8) is 0 Å². The highest BCUT2D eigenvalue weighted by atomic mass is 19.1. The van der Waals surface area contributed by atoms with Gasteiger partial charge < -0.3 is 4.90 Å². The predicted octanol–water partition coefficient (Wildman–Crippen LogP) is 2.73. The summed E-state index contributed by atoms with van der Waals surface area (Å²) >= 11 is 0. The maximum Gasteiger partial charge on any atom is 0.276 e. The van der Waals surface area contributed by atoms with E-state index in [1.54, 1.807) is 16.8 Å². The first kappa shape index (κ1) is 19.3. The van der Waals surface area contributed by atoms with Crippen LogP contribution in [0.3, 0.4) is 0 Å². The molecule has 2 heterocycles. The van der Waals surface area contributed by atoms with Gasteiger partial charge in [-0.15, -0.1) is 5.10 Å². The van der Waals surface area contributed by atoms with Gasteiger partial charge in [0.05, 0.1) is 12.2 Å². The van der Waals surface area contributed by atoms with E-state index in [9.17, 15) is 9.18 Å². The van der Waals surface area contributed by atoms with Gasteiger partial charge in [0.25, 0.3) is 5.91 Å². The number of aromatic nitrogens is 3. The zero-order chi connectivity index (χ0) is 20.2. The summed E-state index contributed by atoms with van der Waals surface area (Å²) in [5.74, 6) is -0.274. The number of carbonyl (C=O) groups is 1. The zero-order valence-electron chi connectivity index (χ0n) is 16.5. The third-order valence-corrected chi connectivity index (χ3v) is 5.37. The van der Waals surface area contributed by atoms with Gasteiger partial charge in [-0.25, -0.2) is 9.07 Å². The smallest absolute Gasteiger partial charge is 0.276 e. The maximum atomic E-state index is 13.9. The van der Waals surface area contributed by atoms with E-state index in [-0.39, 0.29) is 11.7 Å². The Bertz CT molecular complexity index is 980. The molecule has 1 saturated heterocycles. The van der Waals surface area contributed by atoms with Crippen molar-refractivity contribution >= 4 is 5.91 Å². The van der Waals surface area contributed by atoms with Gasteiger partial charge in [0.15, 0.2) is 5.69 Å². The number of hydrogen-bond donors (Lipinski definition) is 0. The fourth-order valence-corrected chi connectivity index (χ4v) is 3.59. The number of halogens is 1. The van der Waals surface area contributed by atoms with Gasteiger partial charge in [-0.1, -0.05) is 53.7 Å². The minimum absolute atomic E-state index is 0.0904. The number of piperazine rings is 1. The van der Waals surface area contributed by atoms with Crippen LogP contribution in [0.25, 0.3) is 0 Å². The van der Waals surface area contributed by atoms with Crippen LogP contribution < -0.4 is 0 Å². The number of hydrogen-bond acceptors (Lipinski definition) is 4. The number of nitrogens with zero attached hydrogens (tertiary/aromatic N) is 5. The third kappa shape index (κ3) is 4.35. The van der Waals surface area contributed by atoms with Crippen LogP contribution in [0.5, 0.6) is 0 Å². The molecule has 2 aromatic carbocycles. The lowest BCUT2D eigenvalue weighted by Crippen LogP contribution is -2.48. The number of rotatable bonds is 5. The Morgan fingerprint density at radius 1 is 0.966 bits per heavy atom. The molecule has 29 heavy (non-hydrogen) atoms. The average molecular weight is 393 g/mol. The molecule has 1 amide bonds. The Morgan fingerprint density at radius 3 is 2.38 bits per heavy atom. The summed E-state index contributed by atoms with van der Waals surface area (Å²) < 4.78 is 15.6. The molecule has 0 unspecified atom stereocenters. The van der Waals surface area contributed by atoms with Crippen molar-refractivity contribution in [1.82, 2.24) is 24.8 Å². The normalized spacial score (nSPS) is 14.9. The topological polar surface area (TPSA) is 54.3 Å². The van der Waals surface area contributed by atoms with E-state index in [0.29, 0.717) is 50.5 Å². The average Bonchev–Trinajstić information content (AvgIpc) is 3.11. The van der Waals surface area contributed by atoms with Crippen molar-refractivity contribution < 1.29 is 9.18 Å². The largest absolute Gasteiger partial charge is 0.335 e. The second-order valence-electron chi connectivity index (χ2n) is 7.33. The van der Waals surface area contributed by atoms with Gasteiger partial charge in [-0.3, -0.25) is 9.69 Å². The lowest BCUT2D eigenvalue weighted by atomic mass is 10.1. The van der Waals surface area contributed by atoms with E-state index in [4.69, 9.17) is 0 Å².